The first kappa shape index (κ1) is 22.5. The van der Waals surface area contributed by atoms with Crippen molar-refractivity contribution in [2.24, 2.45) is 0 Å². The van der Waals surface area contributed by atoms with Crippen molar-refractivity contribution in [1.82, 2.24) is 14.8 Å². The second-order valence-electron chi connectivity index (χ2n) is 7.38. The van der Waals surface area contributed by atoms with Crippen LogP contribution in [0.1, 0.15) is 20.8 Å². The molecular formula is C19H27N3O4S2. The van der Waals surface area contributed by atoms with Crippen LogP contribution < -0.4 is 14.8 Å². The zero-order valence-electron chi connectivity index (χ0n) is 16.5. The number of rotatable bonds is 8. The van der Waals surface area contributed by atoms with Crippen LogP contribution >= 0.6 is 0 Å². The van der Waals surface area contributed by atoms with Gasteiger partial charge in [-0.1, -0.05) is 30.3 Å². The van der Waals surface area contributed by atoms with Gasteiger partial charge < -0.3 is 5.32 Å². The van der Waals surface area contributed by atoms with Crippen LogP contribution in [0.25, 0.3) is 11.1 Å². The molecule has 7 nitrogen and oxygen atoms in total. The summed E-state index contributed by atoms with van der Waals surface area (Å²) in [6.45, 7) is 6.11. The first-order valence-electron chi connectivity index (χ1n) is 8.84. The molecular weight excluding hydrogens is 398 g/mol. The highest BCUT2D eigenvalue weighted by molar-refractivity contribution is 7.90. The van der Waals surface area contributed by atoms with Gasteiger partial charge in [0.1, 0.15) is 0 Å². The summed E-state index contributed by atoms with van der Waals surface area (Å²) in [5, 5.41) is 2.87. The van der Waals surface area contributed by atoms with Gasteiger partial charge >= 0.3 is 0 Å². The fourth-order valence-electron chi connectivity index (χ4n) is 2.60. The summed E-state index contributed by atoms with van der Waals surface area (Å²) in [7, 11) is -5.61. The molecule has 3 N–H and O–H groups in total. The van der Waals surface area contributed by atoms with Crippen LogP contribution in [0, 0.1) is 0 Å². The summed E-state index contributed by atoms with van der Waals surface area (Å²) in [6.07, 6.45) is 0. The molecule has 0 aliphatic carbocycles. The van der Waals surface area contributed by atoms with E-state index in [0.29, 0.717) is 17.7 Å². The number of hydrogen-bond acceptors (Lipinski definition) is 5. The van der Waals surface area contributed by atoms with Gasteiger partial charge in [-0.15, -0.1) is 0 Å². The van der Waals surface area contributed by atoms with Gasteiger partial charge in [-0.3, -0.25) is 0 Å². The Bertz CT molecular complexity index is 1010. The van der Waals surface area contributed by atoms with Gasteiger partial charge in [-0.05, 0) is 51.6 Å². The molecule has 0 aliphatic heterocycles. The quantitative estimate of drug-likeness (QED) is 0.561. The van der Waals surface area contributed by atoms with Crippen molar-refractivity contribution in [3.05, 3.63) is 48.5 Å². The Hall–Kier alpha value is -1.78. The van der Waals surface area contributed by atoms with Gasteiger partial charge in [0, 0.05) is 24.2 Å². The number of hydrogen-bond donors (Lipinski definition) is 3. The van der Waals surface area contributed by atoms with Crippen LogP contribution in [0.4, 0.5) is 0 Å². The number of nitrogens with one attached hydrogen (secondary N) is 3. The molecule has 28 heavy (non-hydrogen) atoms. The molecule has 0 atom stereocenters. The second-order valence-corrected chi connectivity index (χ2v) is 10.8. The molecule has 0 saturated heterocycles. The third-order valence-corrected chi connectivity index (χ3v) is 7.05. The average Bonchev–Trinajstić information content (AvgIpc) is 2.60. The Labute approximate surface area is 167 Å². The van der Waals surface area contributed by atoms with E-state index in [1.807, 2.05) is 0 Å². The van der Waals surface area contributed by atoms with Gasteiger partial charge in [0.2, 0.25) is 20.0 Å². The van der Waals surface area contributed by atoms with Crippen LogP contribution in [0.2, 0.25) is 0 Å². The summed E-state index contributed by atoms with van der Waals surface area (Å²) in [4.78, 5) is 0.271. The van der Waals surface area contributed by atoms with E-state index in [9.17, 15) is 16.8 Å². The molecule has 0 spiro atoms. The molecule has 0 heterocycles. The highest BCUT2D eigenvalue weighted by Gasteiger charge is 2.25. The van der Waals surface area contributed by atoms with Crippen molar-refractivity contribution in [3.8, 4) is 11.1 Å². The van der Waals surface area contributed by atoms with E-state index in [2.05, 4.69) is 14.8 Å². The van der Waals surface area contributed by atoms with Crippen LogP contribution in [-0.2, 0) is 20.0 Å². The predicted molar refractivity (Wildman–Crippen MR) is 111 cm³/mol. The summed E-state index contributed by atoms with van der Waals surface area (Å²) in [6, 6.07) is 12.8. The normalized spacial score (nSPS) is 12.9. The van der Waals surface area contributed by atoms with Crippen molar-refractivity contribution in [2.75, 3.05) is 20.1 Å². The lowest BCUT2D eigenvalue weighted by Crippen LogP contribution is -2.40. The summed E-state index contributed by atoms with van der Waals surface area (Å²) >= 11 is 0. The fraction of sp³-hybridized carbons (Fsp3) is 0.368. The van der Waals surface area contributed by atoms with Crippen LogP contribution in [-0.4, -0.2) is 42.5 Å². The maximum absolute atomic E-state index is 12.8. The molecule has 154 valence electrons. The van der Waals surface area contributed by atoms with Gasteiger partial charge in [0.25, 0.3) is 0 Å². The molecule has 2 rings (SSSR count). The molecule has 0 radical (unpaired) electrons. The zero-order chi connectivity index (χ0) is 21.0. The average molecular weight is 426 g/mol. The summed E-state index contributed by atoms with van der Waals surface area (Å²) in [5.74, 6) is 0. The predicted octanol–water partition coefficient (Wildman–Crippen LogP) is 1.93. The monoisotopic (exact) mass is 425 g/mol. The first-order chi connectivity index (χ1) is 13.0. The highest BCUT2D eigenvalue weighted by Crippen LogP contribution is 2.28. The Balaban J connectivity index is 2.38. The molecule has 0 amide bonds. The lowest BCUT2D eigenvalue weighted by molar-refractivity contribution is 0.491. The molecule has 9 heteroatoms. The van der Waals surface area contributed by atoms with Crippen LogP contribution in [0.5, 0.6) is 0 Å². The molecule has 2 aromatic carbocycles. The van der Waals surface area contributed by atoms with E-state index in [1.165, 1.54) is 18.2 Å². The van der Waals surface area contributed by atoms with E-state index in [0.717, 1.165) is 0 Å². The minimum atomic E-state index is -3.74. The first-order valence-corrected chi connectivity index (χ1v) is 11.8. The maximum Gasteiger partial charge on any atom is 0.241 e. The van der Waals surface area contributed by atoms with Crippen molar-refractivity contribution in [3.63, 3.8) is 0 Å². The van der Waals surface area contributed by atoms with Gasteiger partial charge in [0.05, 0.1) is 9.79 Å². The Morgan fingerprint density at radius 2 is 1.43 bits per heavy atom. The van der Waals surface area contributed by atoms with Gasteiger partial charge in [-0.25, -0.2) is 26.3 Å². The third-order valence-electron chi connectivity index (χ3n) is 3.76. The summed E-state index contributed by atoms with van der Waals surface area (Å²) in [5.41, 5.74) is 0.499. The molecule has 0 aliphatic rings. The maximum atomic E-state index is 12.8. The topological polar surface area (TPSA) is 104 Å². The Morgan fingerprint density at radius 1 is 0.821 bits per heavy atom. The van der Waals surface area contributed by atoms with Gasteiger partial charge in [0.15, 0.2) is 0 Å². The fourth-order valence-corrected chi connectivity index (χ4v) is 5.29. The molecule has 0 unspecified atom stereocenters. The zero-order valence-corrected chi connectivity index (χ0v) is 18.1. The van der Waals surface area contributed by atoms with E-state index < -0.39 is 25.6 Å². The van der Waals surface area contributed by atoms with Crippen LogP contribution in [0.3, 0.4) is 0 Å². The third kappa shape index (κ3) is 5.86. The molecule has 0 bridgehead atoms. The minimum absolute atomic E-state index is 0.125. The van der Waals surface area contributed by atoms with Crippen LogP contribution in [0.15, 0.2) is 58.3 Å². The van der Waals surface area contributed by atoms with Crippen molar-refractivity contribution in [2.45, 2.75) is 36.1 Å². The minimum Gasteiger partial charge on any atom is -0.318 e. The molecule has 0 fully saturated rings. The van der Waals surface area contributed by atoms with Crippen molar-refractivity contribution in [1.29, 1.82) is 0 Å². The van der Waals surface area contributed by atoms with E-state index in [4.69, 9.17) is 0 Å². The van der Waals surface area contributed by atoms with Crippen molar-refractivity contribution < 1.29 is 16.8 Å². The Morgan fingerprint density at radius 3 is 2.00 bits per heavy atom. The Kier molecular flexibility index (Phi) is 7.00. The molecule has 0 aromatic heterocycles. The summed E-state index contributed by atoms with van der Waals surface area (Å²) < 4.78 is 55.3. The number of sulfonamides is 2. The van der Waals surface area contributed by atoms with Crippen molar-refractivity contribution >= 4 is 20.0 Å². The number of benzene rings is 2. The lowest BCUT2D eigenvalue weighted by atomic mass is 10.1. The van der Waals surface area contributed by atoms with E-state index in [-0.39, 0.29) is 16.3 Å². The second kappa shape index (κ2) is 8.71. The van der Waals surface area contributed by atoms with Gasteiger partial charge in [-0.2, -0.15) is 0 Å². The highest BCUT2D eigenvalue weighted by atomic mass is 32.2. The largest absolute Gasteiger partial charge is 0.318 e. The lowest BCUT2D eigenvalue weighted by Gasteiger charge is -2.21. The van der Waals surface area contributed by atoms with E-state index in [1.54, 1.807) is 58.2 Å². The SMILES string of the molecule is CNCCNS(=O)(=O)c1ccc(-c2ccccc2S(=O)(=O)NC(C)(C)C)cc1. The molecule has 0 saturated carbocycles. The number of likely N-dealkylation sites (N-methyl/N-ethyl adjacent to an activating group) is 1. The standard InChI is InChI=1S/C19H27N3O4S2/c1-19(2,3)22-28(25,26)18-8-6-5-7-17(18)15-9-11-16(12-10-15)27(23,24)21-14-13-20-4/h5-12,20-22H,13-14H2,1-4H3. The van der Waals surface area contributed by atoms with E-state index >= 15 is 0 Å². The molecule has 2 aromatic rings. The smallest absolute Gasteiger partial charge is 0.241 e.